The number of anilines is 1. The molecule has 3 rings (SSSR count). The first-order valence-electron chi connectivity index (χ1n) is 8.10. The van der Waals surface area contributed by atoms with Crippen LogP contribution in [0.15, 0.2) is 53.1 Å². The van der Waals surface area contributed by atoms with E-state index in [9.17, 15) is 9.90 Å². The Bertz CT molecular complexity index is 875. The van der Waals surface area contributed by atoms with Crippen LogP contribution < -0.4 is 5.32 Å². The summed E-state index contributed by atoms with van der Waals surface area (Å²) in [6.07, 6.45) is -0.670. The van der Waals surface area contributed by atoms with E-state index in [1.165, 1.54) is 0 Å². The third kappa shape index (κ3) is 4.43. The third-order valence-electron chi connectivity index (χ3n) is 3.95. The number of aliphatic hydroxyl groups is 1. The molecule has 0 aliphatic rings. The van der Waals surface area contributed by atoms with Crippen molar-refractivity contribution in [3.63, 3.8) is 0 Å². The van der Waals surface area contributed by atoms with Crippen LogP contribution in [0, 0.1) is 6.92 Å². The van der Waals surface area contributed by atoms with Crippen molar-refractivity contribution in [3.8, 4) is 0 Å². The van der Waals surface area contributed by atoms with E-state index in [2.05, 4.69) is 10.5 Å². The van der Waals surface area contributed by atoms with Crippen molar-refractivity contribution in [1.29, 1.82) is 0 Å². The topological polar surface area (TPSA) is 78.6 Å². The molecular weight excluding hydrogens is 318 g/mol. The lowest BCUT2D eigenvalue weighted by atomic mass is 10.0. The van der Waals surface area contributed by atoms with Crippen LogP contribution in [0.25, 0.3) is 10.8 Å². The van der Waals surface area contributed by atoms with E-state index in [4.69, 9.17) is 4.52 Å². The number of fused-ring (bicyclic) bond motifs is 1. The summed E-state index contributed by atoms with van der Waals surface area (Å²) in [6.45, 7) is 2.26. The Labute approximate surface area is 146 Å². The van der Waals surface area contributed by atoms with Crippen molar-refractivity contribution < 1.29 is 14.4 Å². The number of carbonyl (C=O) groups excluding carboxylic acids is 1. The molecule has 6 heteroatoms. The third-order valence-corrected chi connectivity index (χ3v) is 3.95. The first-order chi connectivity index (χ1) is 12.0. The molecule has 0 saturated heterocycles. The Morgan fingerprint density at radius 1 is 1.24 bits per heavy atom. The van der Waals surface area contributed by atoms with Crippen LogP contribution in [0.1, 0.15) is 17.4 Å². The molecule has 0 fully saturated rings. The van der Waals surface area contributed by atoms with E-state index in [-0.39, 0.29) is 12.5 Å². The first kappa shape index (κ1) is 17.1. The highest BCUT2D eigenvalue weighted by Crippen LogP contribution is 2.21. The number of hydrogen-bond donors (Lipinski definition) is 2. The van der Waals surface area contributed by atoms with E-state index in [0.717, 1.165) is 16.3 Å². The van der Waals surface area contributed by atoms with E-state index in [0.29, 0.717) is 18.1 Å². The lowest BCUT2D eigenvalue weighted by Crippen LogP contribution is -2.33. The Morgan fingerprint density at radius 2 is 2.00 bits per heavy atom. The highest BCUT2D eigenvalue weighted by atomic mass is 16.5. The van der Waals surface area contributed by atoms with Gasteiger partial charge in [-0.3, -0.25) is 9.69 Å². The number of aromatic nitrogens is 1. The van der Waals surface area contributed by atoms with Gasteiger partial charge in [0, 0.05) is 12.6 Å². The summed E-state index contributed by atoms with van der Waals surface area (Å²) in [7, 11) is 1.79. The highest BCUT2D eigenvalue weighted by molar-refractivity contribution is 5.91. The standard InChI is InChI=1S/C19H21N3O3/c1-13-9-18(21-25-13)20-19(24)12-22(2)11-17(23)16-8-7-14-5-3-4-6-15(14)10-16/h3-10,17,23H,11-12H2,1-2H3,(H,20,21,24). The number of benzene rings is 2. The molecule has 1 heterocycles. The molecule has 1 amide bonds. The summed E-state index contributed by atoms with van der Waals surface area (Å²) in [5.74, 6) is 0.822. The predicted octanol–water partition coefficient (Wildman–Crippen LogP) is 2.74. The molecular formula is C19H21N3O3. The maximum absolute atomic E-state index is 12.0. The fourth-order valence-electron chi connectivity index (χ4n) is 2.73. The molecule has 1 aromatic heterocycles. The summed E-state index contributed by atoms with van der Waals surface area (Å²) >= 11 is 0. The molecule has 25 heavy (non-hydrogen) atoms. The quantitative estimate of drug-likeness (QED) is 0.722. The second-order valence-electron chi connectivity index (χ2n) is 6.19. The molecule has 0 saturated carbocycles. The number of nitrogens with one attached hydrogen (secondary N) is 1. The summed E-state index contributed by atoms with van der Waals surface area (Å²) < 4.78 is 4.91. The Morgan fingerprint density at radius 3 is 2.72 bits per heavy atom. The molecule has 0 aliphatic carbocycles. The fourth-order valence-corrected chi connectivity index (χ4v) is 2.73. The van der Waals surface area contributed by atoms with Gasteiger partial charge in [0.2, 0.25) is 5.91 Å². The second kappa shape index (κ2) is 7.46. The van der Waals surface area contributed by atoms with E-state index in [1.807, 2.05) is 42.5 Å². The zero-order valence-electron chi connectivity index (χ0n) is 14.3. The number of nitrogens with zero attached hydrogens (tertiary/aromatic N) is 2. The van der Waals surface area contributed by atoms with Gasteiger partial charge in [-0.05, 0) is 36.4 Å². The Kier molecular flexibility index (Phi) is 5.11. The number of rotatable bonds is 6. The molecule has 3 aromatic rings. The zero-order chi connectivity index (χ0) is 17.8. The highest BCUT2D eigenvalue weighted by Gasteiger charge is 2.14. The fraction of sp³-hybridized carbons (Fsp3) is 0.263. The van der Waals surface area contributed by atoms with Crippen molar-refractivity contribution >= 4 is 22.5 Å². The molecule has 2 N–H and O–H groups in total. The largest absolute Gasteiger partial charge is 0.387 e. The number of carbonyl (C=O) groups is 1. The van der Waals surface area contributed by atoms with Gasteiger partial charge in [0.05, 0.1) is 12.6 Å². The van der Waals surface area contributed by atoms with E-state index >= 15 is 0 Å². The summed E-state index contributed by atoms with van der Waals surface area (Å²) in [4.78, 5) is 13.8. The molecule has 0 aliphatic heterocycles. The van der Waals surface area contributed by atoms with Gasteiger partial charge < -0.3 is 14.9 Å². The predicted molar refractivity (Wildman–Crippen MR) is 96.3 cm³/mol. The summed E-state index contributed by atoms with van der Waals surface area (Å²) in [6, 6.07) is 15.6. The Hall–Kier alpha value is -2.70. The number of aryl methyl sites for hydroxylation is 1. The minimum Gasteiger partial charge on any atom is -0.387 e. The summed E-state index contributed by atoms with van der Waals surface area (Å²) in [5.41, 5.74) is 0.832. The molecule has 1 atom stereocenters. The minimum absolute atomic E-state index is 0.149. The van der Waals surface area contributed by atoms with Gasteiger partial charge in [0.1, 0.15) is 5.76 Å². The monoisotopic (exact) mass is 339 g/mol. The molecule has 2 aromatic carbocycles. The van der Waals surface area contributed by atoms with Gasteiger partial charge in [-0.1, -0.05) is 41.6 Å². The molecule has 1 unspecified atom stereocenters. The van der Waals surface area contributed by atoms with Gasteiger partial charge in [-0.15, -0.1) is 0 Å². The van der Waals surface area contributed by atoms with Crippen LogP contribution in [0.3, 0.4) is 0 Å². The van der Waals surface area contributed by atoms with Crippen LogP contribution in [-0.4, -0.2) is 41.2 Å². The molecule has 0 radical (unpaired) electrons. The van der Waals surface area contributed by atoms with Crippen LogP contribution in [0.5, 0.6) is 0 Å². The van der Waals surface area contributed by atoms with Gasteiger partial charge in [0.15, 0.2) is 5.82 Å². The van der Waals surface area contributed by atoms with Gasteiger partial charge in [-0.25, -0.2) is 0 Å². The van der Waals surface area contributed by atoms with Crippen molar-refractivity contribution in [2.45, 2.75) is 13.0 Å². The minimum atomic E-state index is -0.670. The lowest BCUT2D eigenvalue weighted by molar-refractivity contribution is -0.117. The maximum Gasteiger partial charge on any atom is 0.239 e. The zero-order valence-corrected chi connectivity index (χ0v) is 14.3. The normalized spacial score (nSPS) is 12.5. The first-order valence-corrected chi connectivity index (χ1v) is 8.10. The SMILES string of the molecule is Cc1cc(NC(=O)CN(C)CC(O)c2ccc3ccccc3c2)no1. The van der Waals surface area contributed by atoms with E-state index < -0.39 is 6.10 Å². The maximum atomic E-state index is 12.0. The smallest absolute Gasteiger partial charge is 0.239 e. The van der Waals surface area contributed by atoms with Crippen LogP contribution in [0.2, 0.25) is 0 Å². The average Bonchev–Trinajstić information content (AvgIpc) is 2.98. The van der Waals surface area contributed by atoms with Gasteiger partial charge in [0.25, 0.3) is 0 Å². The van der Waals surface area contributed by atoms with Crippen LogP contribution in [0.4, 0.5) is 5.82 Å². The average molecular weight is 339 g/mol. The number of hydrogen-bond acceptors (Lipinski definition) is 5. The van der Waals surface area contributed by atoms with Crippen molar-refractivity contribution in [2.75, 3.05) is 25.5 Å². The van der Waals surface area contributed by atoms with Crippen molar-refractivity contribution in [1.82, 2.24) is 10.1 Å². The van der Waals surface area contributed by atoms with Crippen LogP contribution >= 0.6 is 0 Å². The van der Waals surface area contributed by atoms with Crippen LogP contribution in [-0.2, 0) is 4.79 Å². The van der Waals surface area contributed by atoms with Crippen molar-refractivity contribution in [3.05, 3.63) is 59.9 Å². The molecule has 130 valence electrons. The number of likely N-dealkylation sites (N-methyl/N-ethyl adjacent to an activating group) is 1. The number of aliphatic hydroxyl groups excluding tert-OH is 1. The van der Waals surface area contributed by atoms with Gasteiger partial charge in [-0.2, -0.15) is 0 Å². The van der Waals surface area contributed by atoms with Crippen molar-refractivity contribution in [2.24, 2.45) is 0 Å². The molecule has 0 spiro atoms. The lowest BCUT2D eigenvalue weighted by Gasteiger charge is -2.20. The second-order valence-corrected chi connectivity index (χ2v) is 6.19. The molecule has 6 nitrogen and oxygen atoms in total. The Balaban J connectivity index is 1.57. The van der Waals surface area contributed by atoms with Gasteiger partial charge >= 0.3 is 0 Å². The van der Waals surface area contributed by atoms with E-state index in [1.54, 1.807) is 24.9 Å². The molecule has 0 bridgehead atoms. The summed E-state index contributed by atoms with van der Waals surface area (Å²) in [5, 5.41) is 19.1. The number of amides is 1.